The molecular formula is C22H25BrFN5. The molecule has 1 atom stereocenters. The van der Waals surface area contributed by atoms with Crippen LogP contribution in [0.1, 0.15) is 35.2 Å². The van der Waals surface area contributed by atoms with Gasteiger partial charge in [0.1, 0.15) is 5.82 Å². The van der Waals surface area contributed by atoms with E-state index in [1.807, 2.05) is 6.20 Å². The Morgan fingerprint density at radius 1 is 1.17 bits per heavy atom. The Kier molecular flexibility index (Phi) is 7.04. The Hall–Kier alpha value is -2.67. The molecule has 1 aliphatic heterocycles. The first-order chi connectivity index (χ1) is 14.0. The zero-order chi connectivity index (χ0) is 20.8. The molecule has 1 unspecified atom stereocenters. The van der Waals surface area contributed by atoms with Crippen LogP contribution in [0.3, 0.4) is 0 Å². The zero-order valence-electron chi connectivity index (χ0n) is 16.8. The van der Waals surface area contributed by atoms with Crippen molar-refractivity contribution in [3.05, 3.63) is 81.6 Å². The van der Waals surface area contributed by atoms with E-state index in [0.717, 1.165) is 13.1 Å². The number of aliphatic imine (C=N–C) groups is 1. The van der Waals surface area contributed by atoms with Crippen molar-refractivity contribution in [3.63, 3.8) is 0 Å². The topological polar surface area (TPSA) is 65.1 Å². The number of aromatic amines is 1. The van der Waals surface area contributed by atoms with Crippen molar-refractivity contribution < 1.29 is 4.39 Å². The van der Waals surface area contributed by atoms with Crippen LogP contribution in [0.2, 0.25) is 0 Å². The highest BCUT2D eigenvalue weighted by molar-refractivity contribution is 9.10. The van der Waals surface area contributed by atoms with Gasteiger partial charge in [0.2, 0.25) is 0 Å². The molecule has 0 fully saturated rings. The number of halogens is 2. The van der Waals surface area contributed by atoms with Crippen molar-refractivity contribution in [1.82, 2.24) is 15.3 Å². The Bertz CT molecular complexity index is 965. The second-order valence-corrected chi connectivity index (χ2v) is 7.75. The van der Waals surface area contributed by atoms with E-state index in [4.69, 9.17) is 0 Å². The van der Waals surface area contributed by atoms with Gasteiger partial charge in [0.15, 0.2) is 5.96 Å². The lowest BCUT2D eigenvalue weighted by molar-refractivity contribution is 0.631. The van der Waals surface area contributed by atoms with Gasteiger partial charge >= 0.3 is 0 Å². The second kappa shape index (κ2) is 9.69. The third-order valence-corrected chi connectivity index (χ3v) is 5.64. The summed E-state index contributed by atoms with van der Waals surface area (Å²) in [5, 5.41) is 5.91. The molecule has 3 N–H and O–H groups in total. The van der Waals surface area contributed by atoms with E-state index in [1.165, 1.54) is 28.5 Å². The van der Waals surface area contributed by atoms with Crippen LogP contribution >= 0.6 is 15.9 Å². The second-order valence-electron chi connectivity index (χ2n) is 6.90. The van der Waals surface area contributed by atoms with Crippen molar-refractivity contribution in [2.75, 3.05) is 18.4 Å². The number of aryl methyl sites for hydroxylation is 1. The van der Waals surface area contributed by atoms with E-state index in [2.05, 4.69) is 80.5 Å². The molecule has 152 valence electrons. The molecule has 4 rings (SSSR count). The van der Waals surface area contributed by atoms with Gasteiger partial charge in [-0.3, -0.25) is 4.99 Å². The Labute approximate surface area is 179 Å². The van der Waals surface area contributed by atoms with Crippen molar-refractivity contribution in [2.45, 2.75) is 26.7 Å². The lowest BCUT2D eigenvalue weighted by Gasteiger charge is -2.14. The maximum atomic E-state index is 13.3. The highest BCUT2D eigenvalue weighted by Gasteiger charge is 2.12. The van der Waals surface area contributed by atoms with Crippen LogP contribution in [0.5, 0.6) is 0 Å². The van der Waals surface area contributed by atoms with E-state index >= 15 is 0 Å². The van der Waals surface area contributed by atoms with Gasteiger partial charge in [-0.15, -0.1) is 0 Å². The van der Waals surface area contributed by atoms with E-state index in [1.54, 1.807) is 18.5 Å². The van der Waals surface area contributed by atoms with Gasteiger partial charge in [-0.1, -0.05) is 31.2 Å². The number of guanidine groups is 1. The van der Waals surface area contributed by atoms with E-state index in [0.29, 0.717) is 22.0 Å². The van der Waals surface area contributed by atoms with Gasteiger partial charge in [-0.05, 0) is 58.6 Å². The molecule has 0 bridgehead atoms. The van der Waals surface area contributed by atoms with Crippen LogP contribution in [0.15, 0.2) is 58.4 Å². The molecule has 0 saturated carbocycles. The van der Waals surface area contributed by atoms with Crippen molar-refractivity contribution in [2.24, 2.45) is 4.99 Å². The first kappa shape index (κ1) is 21.0. The number of benzene rings is 2. The SMILES string of the molecule is Cc1cccc(C(C)c2cnc[nH]2)c1C.Fc1cccc(Br)c1NC1=NCCN1. The van der Waals surface area contributed by atoms with E-state index in [9.17, 15) is 4.39 Å². The number of rotatable bonds is 3. The molecule has 0 radical (unpaired) electrons. The highest BCUT2D eigenvalue weighted by atomic mass is 79.9. The van der Waals surface area contributed by atoms with Gasteiger partial charge in [-0.25, -0.2) is 9.37 Å². The minimum atomic E-state index is -0.296. The summed E-state index contributed by atoms with van der Waals surface area (Å²) in [6, 6.07) is 11.3. The Morgan fingerprint density at radius 2 is 1.97 bits per heavy atom. The molecule has 7 heteroatoms. The normalized spacial score (nSPS) is 13.8. The molecular weight excluding hydrogens is 433 g/mol. The number of H-pyrrole nitrogens is 1. The number of hydrogen-bond donors (Lipinski definition) is 3. The molecule has 0 aliphatic carbocycles. The van der Waals surface area contributed by atoms with Crippen LogP contribution in [0, 0.1) is 19.7 Å². The average molecular weight is 458 g/mol. The smallest absolute Gasteiger partial charge is 0.196 e. The van der Waals surface area contributed by atoms with Gasteiger partial charge < -0.3 is 15.6 Å². The van der Waals surface area contributed by atoms with Crippen LogP contribution in [-0.4, -0.2) is 29.0 Å². The molecule has 1 aliphatic rings. The van der Waals surface area contributed by atoms with Gasteiger partial charge in [0.05, 0.1) is 18.6 Å². The number of nitrogens with one attached hydrogen (secondary N) is 3. The molecule has 29 heavy (non-hydrogen) atoms. The lowest BCUT2D eigenvalue weighted by Crippen LogP contribution is -2.26. The van der Waals surface area contributed by atoms with Crippen molar-refractivity contribution in [1.29, 1.82) is 0 Å². The van der Waals surface area contributed by atoms with Crippen LogP contribution < -0.4 is 10.6 Å². The fourth-order valence-electron chi connectivity index (χ4n) is 3.13. The fourth-order valence-corrected chi connectivity index (χ4v) is 3.57. The third kappa shape index (κ3) is 5.23. The quantitative estimate of drug-likeness (QED) is 0.510. The molecule has 1 aromatic heterocycles. The number of aromatic nitrogens is 2. The Morgan fingerprint density at radius 3 is 2.62 bits per heavy atom. The van der Waals surface area contributed by atoms with E-state index in [-0.39, 0.29) is 5.82 Å². The first-order valence-electron chi connectivity index (χ1n) is 9.51. The van der Waals surface area contributed by atoms with Crippen LogP contribution in [0.25, 0.3) is 0 Å². The summed E-state index contributed by atoms with van der Waals surface area (Å²) in [6.45, 7) is 8.06. The third-order valence-electron chi connectivity index (χ3n) is 4.98. The summed E-state index contributed by atoms with van der Waals surface area (Å²) in [6.07, 6.45) is 3.63. The van der Waals surface area contributed by atoms with Gasteiger partial charge in [0, 0.05) is 28.8 Å². The van der Waals surface area contributed by atoms with Crippen LogP contribution in [0.4, 0.5) is 10.1 Å². The first-order valence-corrected chi connectivity index (χ1v) is 10.3. The molecule has 2 aromatic carbocycles. The number of hydrogen-bond acceptors (Lipinski definition) is 4. The average Bonchev–Trinajstić information content (AvgIpc) is 3.41. The number of nitrogens with zero attached hydrogens (tertiary/aromatic N) is 2. The minimum Gasteiger partial charge on any atom is -0.354 e. The molecule has 0 amide bonds. The summed E-state index contributed by atoms with van der Waals surface area (Å²) in [5.74, 6) is 0.707. The number of anilines is 1. The van der Waals surface area contributed by atoms with E-state index < -0.39 is 0 Å². The summed E-state index contributed by atoms with van der Waals surface area (Å²) in [7, 11) is 0. The highest BCUT2D eigenvalue weighted by Crippen LogP contribution is 2.26. The van der Waals surface area contributed by atoms with Crippen molar-refractivity contribution >= 4 is 27.6 Å². The summed E-state index contributed by atoms with van der Waals surface area (Å²) in [4.78, 5) is 11.4. The molecule has 5 nitrogen and oxygen atoms in total. The van der Waals surface area contributed by atoms with Gasteiger partial charge in [0.25, 0.3) is 0 Å². The largest absolute Gasteiger partial charge is 0.354 e. The predicted molar refractivity (Wildman–Crippen MR) is 120 cm³/mol. The minimum absolute atomic E-state index is 0.296. The number of para-hydroxylation sites is 1. The summed E-state index contributed by atoms with van der Waals surface area (Å²) >= 11 is 3.27. The molecule has 3 aromatic rings. The van der Waals surface area contributed by atoms with Crippen molar-refractivity contribution in [3.8, 4) is 0 Å². The Balaban J connectivity index is 0.000000166. The summed E-state index contributed by atoms with van der Waals surface area (Å²) in [5.41, 5.74) is 5.68. The maximum Gasteiger partial charge on any atom is 0.196 e. The maximum absolute atomic E-state index is 13.3. The molecule has 2 heterocycles. The monoisotopic (exact) mass is 457 g/mol. The predicted octanol–water partition coefficient (Wildman–Crippen LogP) is 5.14. The van der Waals surface area contributed by atoms with Crippen LogP contribution in [-0.2, 0) is 0 Å². The summed E-state index contributed by atoms with van der Waals surface area (Å²) < 4.78 is 14.0. The standard InChI is InChI=1S/C13H16N2.C9H9BrFN3/c1-9-5-4-6-12(10(9)2)11(3)13-7-14-8-15-13;10-6-2-1-3-7(11)8(6)14-9-12-4-5-13-9/h4-8,11H,1-3H3,(H,14,15);1-3H,4-5H2,(H2,12,13,14). The lowest BCUT2D eigenvalue weighted by atomic mass is 9.92. The molecule has 0 saturated heterocycles. The fraction of sp³-hybridized carbons (Fsp3) is 0.273. The zero-order valence-corrected chi connectivity index (χ0v) is 18.3. The number of imidazole rings is 1. The molecule has 0 spiro atoms. The van der Waals surface area contributed by atoms with Gasteiger partial charge in [-0.2, -0.15) is 0 Å².